The SMILES string of the molecule is Cc1ccccc1NC(=O)CCN1C(=O)/C(=C/c2ccc(O)cc2O)SC1=S. The number of phenolic OH excluding ortho intramolecular Hbond substituents is 2. The molecule has 0 radical (unpaired) electrons. The Balaban J connectivity index is 1.64. The molecule has 0 atom stereocenters. The van der Waals surface area contributed by atoms with Gasteiger partial charge in [0.05, 0.1) is 4.91 Å². The fraction of sp³-hybridized carbons (Fsp3) is 0.150. The van der Waals surface area contributed by atoms with E-state index in [-0.39, 0.29) is 36.3 Å². The Morgan fingerprint density at radius 1 is 1.25 bits per heavy atom. The molecule has 0 spiro atoms. The van der Waals surface area contributed by atoms with Crippen LogP contribution in [0.1, 0.15) is 17.5 Å². The number of hydrogen-bond donors (Lipinski definition) is 3. The van der Waals surface area contributed by atoms with Gasteiger partial charge in [0.1, 0.15) is 15.8 Å². The number of amides is 2. The van der Waals surface area contributed by atoms with Gasteiger partial charge in [-0.1, -0.05) is 42.2 Å². The summed E-state index contributed by atoms with van der Waals surface area (Å²) in [6, 6.07) is 11.6. The first-order chi connectivity index (χ1) is 13.3. The van der Waals surface area contributed by atoms with E-state index in [0.717, 1.165) is 23.0 Å². The molecule has 1 aliphatic heterocycles. The number of rotatable bonds is 5. The Kier molecular flexibility index (Phi) is 6.01. The standard InChI is InChI=1S/C20H18N2O4S2/c1-12-4-2-3-5-15(12)21-18(25)8-9-22-19(26)17(28-20(22)27)10-13-6-7-14(23)11-16(13)24/h2-7,10-11,23-24H,8-9H2,1H3,(H,21,25)/b17-10-. The van der Waals surface area contributed by atoms with Gasteiger partial charge in [-0.3, -0.25) is 14.5 Å². The van der Waals surface area contributed by atoms with E-state index in [4.69, 9.17) is 12.2 Å². The molecule has 2 aromatic carbocycles. The Morgan fingerprint density at radius 2 is 2.00 bits per heavy atom. The molecule has 0 saturated carbocycles. The number of nitrogens with zero attached hydrogens (tertiary/aromatic N) is 1. The van der Waals surface area contributed by atoms with Crippen molar-refractivity contribution in [2.75, 3.05) is 11.9 Å². The van der Waals surface area contributed by atoms with Gasteiger partial charge in [0.25, 0.3) is 5.91 Å². The molecule has 28 heavy (non-hydrogen) atoms. The van der Waals surface area contributed by atoms with Crippen LogP contribution in [0.4, 0.5) is 5.69 Å². The summed E-state index contributed by atoms with van der Waals surface area (Å²) < 4.78 is 0.359. The molecule has 3 N–H and O–H groups in total. The van der Waals surface area contributed by atoms with Crippen LogP contribution in [0.3, 0.4) is 0 Å². The maximum absolute atomic E-state index is 12.6. The smallest absolute Gasteiger partial charge is 0.266 e. The predicted octanol–water partition coefficient (Wildman–Crippen LogP) is 3.64. The minimum absolute atomic E-state index is 0.0677. The van der Waals surface area contributed by atoms with Crippen molar-refractivity contribution in [2.45, 2.75) is 13.3 Å². The second-order valence-corrected chi connectivity index (χ2v) is 7.87. The zero-order valence-electron chi connectivity index (χ0n) is 15.0. The molecule has 6 nitrogen and oxygen atoms in total. The molecule has 1 saturated heterocycles. The van der Waals surface area contributed by atoms with Crippen LogP contribution in [0.25, 0.3) is 6.08 Å². The van der Waals surface area contributed by atoms with Gasteiger partial charge in [-0.05, 0) is 36.8 Å². The fourth-order valence-electron chi connectivity index (χ4n) is 2.63. The second-order valence-electron chi connectivity index (χ2n) is 6.19. The van der Waals surface area contributed by atoms with Crippen molar-refractivity contribution in [1.82, 2.24) is 4.90 Å². The summed E-state index contributed by atoms with van der Waals surface area (Å²) in [4.78, 5) is 26.6. The van der Waals surface area contributed by atoms with Gasteiger partial charge in [0.15, 0.2) is 0 Å². The van der Waals surface area contributed by atoms with Crippen LogP contribution in [0, 0.1) is 6.92 Å². The van der Waals surface area contributed by atoms with E-state index in [1.807, 2.05) is 31.2 Å². The van der Waals surface area contributed by atoms with Crippen molar-refractivity contribution < 1.29 is 19.8 Å². The van der Waals surface area contributed by atoms with Crippen LogP contribution in [0.15, 0.2) is 47.4 Å². The van der Waals surface area contributed by atoms with Gasteiger partial charge in [0.2, 0.25) is 5.91 Å². The van der Waals surface area contributed by atoms with Crippen LogP contribution in [0.5, 0.6) is 11.5 Å². The average Bonchev–Trinajstić information content (AvgIpc) is 2.91. The van der Waals surface area contributed by atoms with E-state index in [0.29, 0.717) is 14.8 Å². The molecule has 1 fully saturated rings. The number of hydrogen-bond acceptors (Lipinski definition) is 6. The molecule has 8 heteroatoms. The molecule has 0 aliphatic carbocycles. The summed E-state index contributed by atoms with van der Waals surface area (Å²) in [6.45, 7) is 2.07. The number of thiocarbonyl (C=S) groups is 1. The molecular formula is C20H18N2O4S2. The highest BCUT2D eigenvalue weighted by Gasteiger charge is 2.32. The van der Waals surface area contributed by atoms with E-state index in [9.17, 15) is 19.8 Å². The third-order valence-corrected chi connectivity index (χ3v) is 5.53. The summed E-state index contributed by atoms with van der Waals surface area (Å²) in [7, 11) is 0. The van der Waals surface area contributed by atoms with Crippen molar-refractivity contribution in [3.8, 4) is 11.5 Å². The van der Waals surface area contributed by atoms with Crippen LogP contribution >= 0.6 is 24.0 Å². The Hall–Kier alpha value is -2.84. The summed E-state index contributed by atoms with van der Waals surface area (Å²) in [5.41, 5.74) is 2.09. The maximum atomic E-state index is 12.6. The van der Waals surface area contributed by atoms with Crippen molar-refractivity contribution >= 4 is 51.9 Å². The van der Waals surface area contributed by atoms with Gasteiger partial charge in [0, 0.05) is 30.3 Å². The highest BCUT2D eigenvalue weighted by Crippen LogP contribution is 2.34. The summed E-state index contributed by atoms with van der Waals surface area (Å²) in [6.07, 6.45) is 1.62. The van der Waals surface area contributed by atoms with E-state index in [2.05, 4.69) is 5.32 Å². The van der Waals surface area contributed by atoms with E-state index in [1.165, 1.54) is 29.2 Å². The molecule has 144 valence electrons. The topological polar surface area (TPSA) is 89.9 Å². The quantitative estimate of drug-likeness (QED) is 0.511. The summed E-state index contributed by atoms with van der Waals surface area (Å²) >= 11 is 6.37. The second kappa shape index (κ2) is 8.45. The third kappa shape index (κ3) is 4.52. The van der Waals surface area contributed by atoms with Gasteiger partial charge < -0.3 is 15.5 Å². The molecule has 0 unspecified atom stereocenters. The Bertz CT molecular complexity index is 988. The largest absolute Gasteiger partial charge is 0.508 e. The number of phenols is 2. The minimum Gasteiger partial charge on any atom is -0.508 e. The van der Waals surface area contributed by atoms with E-state index >= 15 is 0 Å². The highest BCUT2D eigenvalue weighted by molar-refractivity contribution is 8.26. The Labute approximate surface area is 171 Å². The van der Waals surface area contributed by atoms with Crippen LogP contribution in [0.2, 0.25) is 0 Å². The zero-order valence-corrected chi connectivity index (χ0v) is 16.6. The first-order valence-corrected chi connectivity index (χ1v) is 9.70. The summed E-state index contributed by atoms with van der Waals surface area (Å²) in [5.74, 6) is -0.723. The third-order valence-electron chi connectivity index (χ3n) is 4.16. The highest BCUT2D eigenvalue weighted by atomic mass is 32.2. The number of benzene rings is 2. The number of carbonyl (C=O) groups excluding carboxylic acids is 2. The predicted molar refractivity (Wildman–Crippen MR) is 114 cm³/mol. The first kappa shape index (κ1) is 19.9. The number of aromatic hydroxyl groups is 2. The molecule has 1 heterocycles. The van der Waals surface area contributed by atoms with Crippen molar-refractivity contribution in [3.63, 3.8) is 0 Å². The zero-order chi connectivity index (χ0) is 20.3. The number of carbonyl (C=O) groups is 2. The molecule has 2 aromatic rings. The molecule has 3 rings (SSSR count). The number of anilines is 1. The molecule has 0 bridgehead atoms. The minimum atomic E-state index is -0.314. The molecule has 0 aromatic heterocycles. The number of nitrogens with one attached hydrogen (secondary N) is 1. The lowest BCUT2D eigenvalue weighted by atomic mass is 10.1. The van der Waals surface area contributed by atoms with Crippen LogP contribution in [-0.4, -0.2) is 37.8 Å². The number of thioether (sulfide) groups is 1. The molecule has 2 amide bonds. The van der Waals surface area contributed by atoms with Crippen molar-refractivity contribution in [2.24, 2.45) is 0 Å². The molecular weight excluding hydrogens is 396 g/mol. The molecule has 1 aliphatic rings. The lowest BCUT2D eigenvalue weighted by Gasteiger charge is -2.14. The number of para-hydroxylation sites is 1. The van der Waals surface area contributed by atoms with Crippen LogP contribution in [-0.2, 0) is 9.59 Å². The van der Waals surface area contributed by atoms with E-state index < -0.39 is 0 Å². The van der Waals surface area contributed by atoms with Crippen LogP contribution < -0.4 is 5.32 Å². The van der Waals surface area contributed by atoms with Gasteiger partial charge in [-0.2, -0.15) is 0 Å². The number of aryl methyl sites for hydroxylation is 1. The summed E-state index contributed by atoms with van der Waals surface area (Å²) in [5, 5.41) is 22.1. The first-order valence-electron chi connectivity index (χ1n) is 8.48. The van der Waals surface area contributed by atoms with Gasteiger partial charge in [-0.25, -0.2) is 0 Å². The monoisotopic (exact) mass is 414 g/mol. The lowest BCUT2D eigenvalue weighted by Crippen LogP contribution is -2.31. The Morgan fingerprint density at radius 3 is 2.71 bits per heavy atom. The average molecular weight is 415 g/mol. The lowest BCUT2D eigenvalue weighted by molar-refractivity contribution is -0.122. The van der Waals surface area contributed by atoms with Crippen molar-refractivity contribution in [3.05, 3.63) is 58.5 Å². The van der Waals surface area contributed by atoms with Crippen molar-refractivity contribution in [1.29, 1.82) is 0 Å². The maximum Gasteiger partial charge on any atom is 0.266 e. The normalized spacial score (nSPS) is 15.3. The fourth-order valence-corrected chi connectivity index (χ4v) is 3.93. The van der Waals surface area contributed by atoms with Gasteiger partial charge >= 0.3 is 0 Å². The van der Waals surface area contributed by atoms with E-state index in [1.54, 1.807) is 0 Å². The van der Waals surface area contributed by atoms with Gasteiger partial charge in [-0.15, -0.1) is 0 Å².